The maximum absolute atomic E-state index is 13.2. The Morgan fingerprint density at radius 1 is 1.28 bits per heavy atom. The van der Waals surface area contributed by atoms with Crippen LogP contribution in [0.25, 0.3) is 22.4 Å². The fourth-order valence-electron chi connectivity index (χ4n) is 4.40. The summed E-state index contributed by atoms with van der Waals surface area (Å²) in [5, 5.41) is 26.0. The van der Waals surface area contributed by atoms with Crippen molar-refractivity contribution in [3.63, 3.8) is 0 Å². The second-order valence-corrected chi connectivity index (χ2v) is 9.27. The Morgan fingerprint density at radius 2 is 2.08 bits per heavy atom. The summed E-state index contributed by atoms with van der Waals surface area (Å²) in [5.41, 5.74) is 7.22. The van der Waals surface area contributed by atoms with Gasteiger partial charge in [0.25, 0.3) is 0 Å². The lowest BCUT2D eigenvalue weighted by molar-refractivity contribution is -0.137. The molecule has 0 aliphatic carbocycles. The molecule has 1 aromatic carbocycles. The molecule has 36 heavy (non-hydrogen) atoms. The lowest BCUT2D eigenvalue weighted by Gasteiger charge is -2.19. The van der Waals surface area contributed by atoms with E-state index in [0.717, 1.165) is 23.7 Å². The van der Waals surface area contributed by atoms with Gasteiger partial charge in [-0.1, -0.05) is 30.2 Å². The molecule has 0 bridgehead atoms. The Hall–Kier alpha value is -4.06. The number of amides is 1. The minimum Gasteiger partial charge on any atom is -0.481 e. The number of anilines is 2. The molecule has 1 unspecified atom stereocenters. The first-order chi connectivity index (χ1) is 17.2. The van der Waals surface area contributed by atoms with Crippen molar-refractivity contribution in [2.75, 3.05) is 11.1 Å². The van der Waals surface area contributed by atoms with E-state index >= 15 is 0 Å². The highest BCUT2D eigenvalue weighted by Gasteiger charge is 2.49. The Kier molecular flexibility index (Phi) is 5.83. The predicted octanol–water partition coefficient (Wildman–Crippen LogP) is 2.85. The third kappa shape index (κ3) is 3.83. The molecule has 0 spiro atoms. The molecule has 4 N–H and O–H groups in total. The summed E-state index contributed by atoms with van der Waals surface area (Å²) in [5.74, 6) is -0.676. The van der Waals surface area contributed by atoms with Crippen molar-refractivity contribution < 1.29 is 14.7 Å². The minimum absolute atomic E-state index is 0.112. The molecule has 0 radical (unpaired) electrons. The zero-order chi connectivity index (χ0) is 25.6. The molecule has 3 aromatic heterocycles. The van der Waals surface area contributed by atoms with Gasteiger partial charge in [-0.3, -0.25) is 19.0 Å². The zero-order valence-corrected chi connectivity index (χ0v) is 20.5. The molecular weight excluding hydrogens is 486 g/mol. The fraction of sp³-hybridized carbons (Fsp3) is 0.348. The largest absolute Gasteiger partial charge is 0.481 e. The quantitative estimate of drug-likeness (QED) is 0.323. The molecule has 0 saturated heterocycles. The molecule has 186 valence electrons. The molecule has 5 rings (SSSR count). The third-order valence-corrected chi connectivity index (χ3v) is 6.61. The molecule has 4 aromatic rings. The number of fused-ring (bicyclic) bond motifs is 2. The van der Waals surface area contributed by atoms with Crippen LogP contribution in [0.1, 0.15) is 44.4 Å². The number of aromatic nitrogens is 7. The summed E-state index contributed by atoms with van der Waals surface area (Å²) >= 11 is 6.24. The highest BCUT2D eigenvalue weighted by atomic mass is 35.5. The van der Waals surface area contributed by atoms with Crippen molar-refractivity contribution in [1.29, 1.82) is 0 Å². The van der Waals surface area contributed by atoms with E-state index in [9.17, 15) is 9.59 Å². The van der Waals surface area contributed by atoms with Crippen LogP contribution in [0.2, 0.25) is 5.02 Å². The van der Waals surface area contributed by atoms with Gasteiger partial charge in [-0.05, 0) is 31.5 Å². The summed E-state index contributed by atoms with van der Waals surface area (Å²) in [6, 6.07) is 5.50. The number of benzene rings is 1. The van der Waals surface area contributed by atoms with Gasteiger partial charge in [0.15, 0.2) is 5.82 Å². The highest BCUT2D eigenvalue weighted by Crippen LogP contribution is 2.44. The van der Waals surface area contributed by atoms with Gasteiger partial charge in [-0.25, -0.2) is 9.97 Å². The van der Waals surface area contributed by atoms with Gasteiger partial charge in [0, 0.05) is 23.2 Å². The number of nitrogen functional groups attached to an aromatic ring is 1. The van der Waals surface area contributed by atoms with Crippen LogP contribution < -0.4 is 11.1 Å². The molecule has 0 saturated carbocycles. The number of nitrogens with two attached hydrogens (primary N) is 1. The number of aliphatic carboxylic acids is 1. The van der Waals surface area contributed by atoms with Crippen molar-refractivity contribution in [3.05, 3.63) is 40.7 Å². The first-order valence-electron chi connectivity index (χ1n) is 11.5. The number of hydrogen-bond acceptors (Lipinski definition) is 8. The van der Waals surface area contributed by atoms with Crippen LogP contribution in [-0.2, 0) is 28.1 Å². The molecule has 1 aliphatic rings. The van der Waals surface area contributed by atoms with E-state index in [1.165, 1.54) is 10.9 Å². The Balaban J connectivity index is 1.58. The Bertz CT molecular complexity index is 1510. The van der Waals surface area contributed by atoms with Crippen molar-refractivity contribution >= 4 is 46.0 Å². The van der Waals surface area contributed by atoms with Gasteiger partial charge in [-0.15, -0.1) is 5.10 Å². The van der Waals surface area contributed by atoms with Gasteiger partial charge in [0.05, 0.1) is 24.0 Å². The lowest BCUT2D eigenvalue weighted by Crippen LogP contribution is -2.33. The third-order valence-electron chi connectivity index (χ3n) is 6.38. The number of hydrogen-bond donors (Lipinski definition) is 3. The van der Waals surface area contributed by atoms with Crippen LogP contribution in [0.15, 0.2) is 24.4 Å². The first-order valence-corrected chi connectivity index (χ1v) is 11.9. The van der Waals surface area contributed by atoms with Crippen molar-refractivity contribution in [2.45, 2.75) is 51.6 Å². The lowest BCUT2D eigenvalue weighted by atomic mass is 9.81. The Morgan fingerprint density at radius 3 is 2.83 bits per heavy atom. The number of carbonyl (C=O) groups is 2. The van der Waals surface area contributed by atoms with E-state index in [4.69, 9.17) is 27.5 Å². The number of nitrogens with one attached hydrogen (secondary N) is 1. The minimum atomic E-state index is -1.30. The average molecular weight is 510 g/mol. The van der Waals surface area contributed by atoms with Gasteiger partial charge in [0.2, 0.25) is 5.91 Å². The van der Waals surface area contributed by atoms with Gasteiger partial charge < -0.3 is 16.2 Å². The standard InChI is InChI=1S/C23H24ClN9O3/c1-3-4-8-33-14-10-12(24)5-6-13(14)18(30-33)21-26-19(25)17-20(27-21)28-22(36)23(17,2)15-11-32(31-29-15)9-7-16(34)35/h5-6,10-11H,3-4,7-9H2,1-2H3,(H,34,35)(H3,25,26,27,28,36). The molecule has 4 heterocycles. The zero-order valence-electron chi connectivity index (χ0n) is 19.7. The second kappa shape index (κ2) is 8.86. The molecule has 0 fully saturated rings. The summed E-state index contributed by atoms with van der Waals surface area (Å²) < 4.78 is 3.26. The highest BCUT2D eigenvalue weighted by molar-refractivity contribution is 6.31. The number of halogens is 1. The van der Waals surface area contributed by atoms with Gasteiger partial charge in [-0.2, -0.15) is 5.10 Å². The van der Waals surface area contributed by atoms with E-state index in [1.807, 2.05) is 16.8 Å². The van der Waals surface area contributed by atoms with E-state index in [-0.39, 0.29) is 36.3 Å². The monoisotopic (exact) mass is 509 g/mol. The van der Waals surface area contributed by atoms with E-state index in [0.29, 0.717) is 28.5 Å². The molecule has 1 aliphatic heterocycles. The van der Waals surface area contributed by atoms with Crippen LogP contribution in [0.5, 0.6) is 0 Å². The van der Waals surface area contributed by atoms with Crippen LogP contribution in [0.3, 0.4) is 0 Å². The number of aryl methyl sites for hydroxylation is 2. The number of carbonyl (C=O) groups excluding carboxylic acids is 1. The fourth-order valence-corrected chi connectivity index (χ4v) is 4.56. The number of unbranched alkanes of at least 4 members (excludes halogenated alkanes) is 1. The summed E-state index contributed by atoms with van der Waals surface area (Å²) in [6.45, 7) is 4.60. The number of carboxylic acids is 1. The normalized spacial score (nSPS) is 16.9. The van der Waals surface area contributed by atoms with E-state index in [2.05, 4.69) is 32.5 Å². The topological polar surface area (TPSA) is 167 Å². The van der Waals surface area contributed by atoms with Crippen LogP contribution in [0.4, 0.5) is 11.6 Å². The number of carboxylic acid groups (broad SMARTS) is 1. The molecule has 1 atom stereocenters. The van der Waals surface area contributed by atoms with Crippen molar-refractivity contribution in [2.24, 2.45) is 0 Å². The Labute approximate surface area is 210 Å². The van der Waals surface area contributed by atoms with E-state index in [1.54, 1.807) is 13.0 Å². The molecule has 13 heteroatoms. The van der Waals surface area contributed by atoms with Gasteiger partial charge in [0.1, 0.15) is 28.4 Å². The average Bonchev–Trinajstić information content (AvgIpc) is 3.52. The van der Waals surface area contributed by atoms with E-state index < -0.39 is 11.4 Å². The molecule has 1 amide bonds. The number of rotatable bonds is 8. The SMILES string of the molecule is CCCCn1nc(-c2nc(N)c3c(n2)NC(=O)C3(C)c2cn(CCC(=O)O)nn2)c2ccc(Cl)cc21. The smallest absolute Gasteiger partial charge is 0.305 e. The van der Waals surface area contributed by atoms with Crippen molar-refractivity contribution in [1.82, 2.24) is 34.7 Å². The maximum Gasteiger partial charge on any atom is 0.305 e. The van der Waals surface area contributed by atoms with Crippen LogP contribution in [0, 0.1) is 0 Å². The van der Waals surface area contributed by atoms with Gasteiger partial charge >= 0.3 is 5.97 Å². The predicted molar refractivity (Wildman–Crippen MR) is 132 cm³/mol. The van der Waals surface area contributed by atoms with Crippen LogP contribution >= 0.6 is 11.6 Å². The first kappa shape index (κ1) is 23.7. The summed E-state index contributed by atoms with van der Waals surface area (Å²) in [6.07, 6.45) is 3.36. The van der Waals surface area contributed by atoms with Crippen molar-refractivity contribution in [3.8, 4) is 11.5 Å². The second-order valence-electron chi connectivity index (χ2n) is 8.83. The molecule has 12 nitrogen and oxygen atoms in total. The summed E-state index contributed by atoms with van der Waals surface area (Å²) in [4.78, 5) is 33.2. The van der Waals surface area contributed by atoms with Crippen LogP contribution in [-0.4, -0.2) is 51.7 Å². The molecular formula is C23H24ClN9O3. The summed E-state index contributed by atoms with van der Waals surface area (Å²) in [7, 11) is 0. The number of nitrogens with zero attached hydrogens (tertiary/aromatic N) is 7. The maximum atomic E-state index is 13.2.